The average Bonchev–Trinajstić information content (AvgIpc) is 3.17. The molecule has 0 spiro atoms. The molecule has 1 fully saturated rings. The predicted molar refractivity (Wildman–Crippen MR) is 104 cm³/mol. The van der Waals surface area contributed by atoms with E-state index < -0.39 is 12.7 Å². The average molecular weight is 419 g/mol. The van der Waals surface area contributed by atoms with Crippen LogP contribution in [0.5, 0.6) is 0 Å². The molecule has 30 heavy (non-hydrogen) atoms. The van der Waals surface area contributed by atoms with Crippen LogP contribution in [0.4, 0.5) is 17.6 Å². The van der Waals surface area contributed by atoms with Crippen molar-refractivity contribution in [3.8, 4) is 22.6 Å². The van der Waals surface area contributed by atoms with Gasteiger partial charge in [-0.3, -0.25) is 4.90 Å². The summed E-state index contributed by atoms with van der Waals surface area (Å²) in [7, 11) is 0. The molecule has 0 amide bonds. The highest BCUT2D eigenvalue weighted by Gasteiger charge is 2.32. The molecular formula is C21H21F4N5. The van der Waals surface area contributed by atoms with E-state index >= 15 is 0 Å². The molecule has 2 aromatic heterocycles. The Morgan fingerprint density at radius 3 is 2.47 bits per heavy atom. The van der Waals surface area contributed by atoms with Gasteiger partial charge in [0.25, 0.3) is 0 Å². The van der Waals surface area contributed by atoms with Crippen LogP contribution in [-0.4, -0.2) is 50.6 Å². The summed E-state index contributed by atoms with van der Waals surface area (Å²) in [6.45, 7) is 0.0660. The van der Waals surface area contributed by atoms with Gasteiger partial charge in [-0.1, -0.05) is 12.1 Å². The lowest BCUT2D eigenvalue weighted by molar-refractivity contribution is -0.148. The Morgan fingerprint density at radius 2 is 1.80 bits per heavy atom. The number of likely N-dealkylation sites (tertiary alicyclic amines) is 1. The minimum absolute atomic E-state index is 0.306. The third-order valence-electron chi connectivity index (χ3n) is 5.25. The summed E-state index contributed by atoms with van der Waals surface area (Å²) >= 11 is 0. The van der Waals surface area contributed by atoms with Crippen LogP contribution in [-0.2, 0) is 6.42 Å². The number of piperidine rings is 1. The Labute approximate surface area is 171 Å². The molecule has 1 saturated heterocycles. The maximum absolute atomic E-state index is 13.4. The first-order chi connectivity index (χ1) is 14.4. The second kappa shape index (κ2) is 8.51. The van der Waals surface area contributed by atoms with Crippen molar-refractivity contribution in [3.05, 3.63) is 54.5 Å². The third-order valence-corrected chi connectivity index (χ3v) is 5.25. The number of benzene rings is 1. The van der Waals surface area contributed by atoms with Crippen molar-refractivity contribution >= 4 is 0 Å². The van der Waals surface area contributed by atoms with Crippen LogP contribution in [0.1, 0.15) is 18.7 Å². The van der Waals surface area contributed by atoms with Gasteiger partial charge in [0.1, 0.15) is 11.6 Å². The number of alkyl halides is 3. The second-order valence-electron chi connectivity index (χ2n) is 7.58. The van der Waals surface area contributed by atoms with Crippen LogP contribution in [0.2, 0.25) is 0 Å². The maximum atomic E-state index is 13.4. The number of H-pyrrole nitrogens is 1. The lowest BCUT2D eigenvalue weighted by atomic mass is 9.93. The lowest BCUT2D eigenvalue weighted by Crippen LogP contribution is -2.40. The van der Waals surface area contributed by atoms with Crippen molar-refractivity contribution in [2.45, 2.75) is 25.4 Å². The van der Waals surface area contributed by atoms with E-state index in [1.165, 1.54) is 17.0 Å². The molecule has 0 atom stereocenters. The number of hydrogen-bond acceptors (Lipinski definition) is 4. The monoisotopic (exact) mass is 419 g/mol. The number of aromatic amines is 1. The predicted octanol–water partition coefficient (Wildman–Crippen LogP) is 4.49. The Balaban J connectivity index is 1.35. The smallest absolute Gasteiger partial charge is 0.348 e. The van der Waals surface area contributed by atoms with Crippen molar-refractivity contribution < 1.29 is 17.6 Å². The zero-order valence-electron chi connectivity index (χ0n) is 16.2. The number of nitrogens with zero attached hydrogens (tertiary/aromatic N) is 4. The van der Waals surface area contributed by atoms with E-state index in [4.69, 9.17) is 0 Å². The van der Waals surface area contributed by atoms with Gasteiger partial charge in [-0.05, 0) is 44.0 Å². The molecule has 0 saturated carbocycles. The van der Waals surface area contributed by atoms with Gasteiger partial charge in [-0.2, -0.15) is 13.2 Å². The molecule has 0 aliphatic carbocycles. The van der Waals surface area contributed by atoms with Crippen molar-refractivity contribution in [2.24, 2.45) is 5.92 Å². The van der Waals surface area contributed by atoms with Gasteiger partial charge < -0.3 is 4.98 Å². The summed E-state index contributed by atoms with van der Waals surface area (Å²) in [5.74, 6) is 1.19. The first-order valence-corrected chi connectivity index (χ1v) is 9.77. The number of halogens is 4. The number of rotatable bonds is 5. The minimum Gasteiger partial charge on any atom is -0.348 e. The van der Waals surface area contributed by atoms with Gasteiger partial charge >= 0.3 is 6.18 Å². The van der Waals surface area contributed by atoms with E-state index in [0.29, 0.717) is 42.5 Å². The Bertz CT molecular complexity index is 976. The molecular weight excluding hydrogens is 398 g/mol. The van der Waals surface area contributed by atoms with Crippen molar-refractivity contribution in [1.29, 1.82) is 0 Å². The van der Waals surface area contributed by atoms with Gasteiger partial charge in [0.05, 0.1) is 12.2 Å². The molecule has 1 aliphatic rings. The van der Waals surface area contributed by atoms with E-state index in [0.717, 1.165) is 24.2 Å². The fourth-order valence-corrected chi connectivity index (χ4v) is 3.73. The van der Waals surface area contributed by atoms with E-state index in [-0.39, 0.29) is 5.82 Å². The fourth-order valence-electron chi connectivity index (χ4n) is 3.73. The van der Waals surface area contributed by atoms with E-state index in [1.807, 2.05) is 0 Å². The van der Waals surface area contributed by atoms with Gasteiger partial charge in [-0.25, -0.2) is 19.3 Å². The summed E-state index contributed by atoms with van der Waals surface area (Å²) in [6, 6.07) is 6.09. The SMILES string of the molecule is Fc1cccc(-c2ncc(-c3c[nH]c(CC4CCN(CC(F)(F)F)CC4)n3)cn2)c1. The molecule has 0 radical (unpaired) electrons. The van der Waals surface area contributed by atoms with Crippen molar-refractivity contribution in [3.63, 3.8) is 0 Å². The van der Waals surface area contributed by atoms with E-state index in [9.17, 15) is 17.6 Å². The van der Waals surface area contributed by atoms with Crippen LogP contribution in [0.25, 0.3) is 22.6 Å². The summed E-state index contributed by atoms with van der Waals surface area (Å²) in [6.07, 6.45) is 3.05. The second-order valence-corrected chi connectivity index (χ2v) is 7.58. The summed E-state index contributed by atoms with van der Waals surface area (Å²) < 4.78 is 50.9. The molecule has 3 aromatic rings. The summed E-state index contributed by atoms with van der Waals surface area (Å²) in [5.41, 5.74) is 2.03. The molecule has 5 nitrogen and oxygen atoms in total. The molecule has 4 rings (SSSR count). The molecule has 1 aromatic carbocycles. The van der Waals surface area contributed by atoms with Crippen LogP contribution in [0.3, 0.4) is 0 Å². The van der Waals surface area contributed by atoms with Crippen LogP contribution < -0.4 is 0 Å². The lowest BCUT2D eigenvalue weighted by Gasteiger charge is -2.32. The zero-order chi connectivity index (χ0) is 21.1. The fraction of sp³-hybridized carbons (Fsp3) is 0.381. The van der Waals surface area contributed by atoms with Gasteiger partial charge in [0, 0.05) is 36.1 Å². The quantitative estimate of drug-likeness (QED) is 0.619. The Kier molecular flexibility index (Phi) is 5.80. The molecule has 158 valence electrons. The Morgan fingerprint density at radius 1 is 1.07 bits per heavy atom. The first-order valence-electron chi connectivity index (χ1n) is 9.77. The van der Waals surface area contributed by atoms with E-state index in [2.05, 4.69) is 19.9 Å². The zero-order valence-corrected chi connectivity index (χ0v) is 16.2. The van der Waals surface area contributed by atoms with Crippen LogP contribution in [0.15, 0.2) is 42.9 Å². The Hall–Kier alpha value is -2.81. The first kappa shape index (κ1) is 20.5. The molecule has 0 unspecified atom stereocenters. The minimum atomic E-state index is -4.14. The van der Waals surface area contributed by atoms with Crippen LogP contribution in [0, 0.1) is 11.7 Å². The van der Waals surface area contributed by atoms with Gasteiger partial charge in [0.15, 0.2) is 5.82 Å². The van der Waals surface area contributed by atoms with Crippen molar-refractivity contribution in [1.82, 2.24) is 24.8 Å². The molecule has 1 N–H and O–H groups in total. The molecule has 1 aliphatic heterocycles. The highest BCUT2D eigenvalue weighted by atomic mass is 19.4. The van der Waals surface area contributed by atoms with Crippen LogP contribution >= 0.6 is 0 Å². The third kappa shape index (κ3) is 5.21. The standard InChI is InChI=1S/C21H21F4N5/c22-17-3-1-2-15(9-17)20-27-10-16(11-28-20)18-12-26-19(29-18)8-14-4-6-30(7-5-14)13-21(23,24)25/h1-3,9-12,14H,4-8,13H2,(H,26,29). The topological polar surface area (TPSA) is 57.7 Å². The maximum Gasteiger partial charge on any atom is 0.401 e. The van der Waals surface area contributed by atoms with Gasteiger partial charge in [-0.15, -0.1) is 0 Å². The van der Waals surface area contributed by atoms with Crippen molar-refractivity contribution in [2.75, 3.05) is 19.6 Å². The van der Waals surface area contributed by atoms with E-state index in [1.54, 1.807) is 30.7 Å². The summed E-state index contributed by atoms with van der Waals surface area (Å²) in [5, 5.41) is 0. The largest absolute Gasteiger partial charge is 0.401 e. The molecule has 9 heteroatoms. The molecule has 3 heterocycles. The number of nitrogens with one attached hydrogen (secondary N) is 1. The normalized spacial score (nSPS) is 16.1. The highest BCUT2D eigenvalue weighted by molar-refractivity contribution is 5.60. The number of aromatic nitrogens is 4. The van der Waals surface area contributed by atoms with Gasteiger partial charge in [0.2, 0.25) is 0 Å². The number of imidazole rings is 1. The highest BCUT2D eigenvalue weighted by Crippen LogP contribution is 2.25. The summed E-state index contributed by atoms with van der Waals surface area (Å²) in [4.78, 5) is 17.8. The molecule has 0 bridgehead atoms. The number of hydrogen-bond donors (Lipinski definition) is 1.